The van der Waals surface area contributed by atoms with Crippen LogP contribution in [0, 0.1) is 12.8 Å². The van der Waals surface area contributed by atoms with Crippen molar-refractivity contribution in [3.63, 3.8) is 0 Å². The Morgan fingerprint density at radius 2 is 1.97 bits per heavy atom. The number of carbonyl (C=O) groups excluding carboxylic acids is 3. The zero-order valence-electron chi connectivity index (χ0n) is 19.2. The van der Waals surface area contributed by atoms with E-state index >= 15 is 0 Å². The largest absolute Gasteiger partial charge is 0.381 e. The number of nitrogens with one attached hydrogen (secondary N) is 3. The molecule has 5 rings (SSSR count). The zero-order valence-corrected chi connectivity index (χ0v) is 19.2. The van der Waals surface area contributed by atoms with Gasteiger partial charge in [-0.15, -0.1) is 0 Å². The molecule has 0 bridgehead atoms. The molecule has 1 atom stereocenters. The molecule has 0 unspecified atom stereocenters. The smallest absolute Gasteiger partial charge is 0.257 e. The normalized spacial score (nSPS) is 20.4. The Labute approximate surface area is 197 Å². The van der Waals surface area contributed by atoms with Gasteiger partial charge in [0.05, 0.1) is 16.8 Å². The molecule has 3 amide bonds. The Hall–Kier alpha value is -3.27. The van der Waals surface area contributed by atoms with Crippen molar-refractivity contribution >= 4 is 29.2 Å². The number of aryl methyl sites for hydroxylation is 1. The summed E-state index contributed by atoms with van der Waals surface area (Å²) in [5.74, 6) is -0.401. The summed E-state index contributed by atoms with van der Waals surface area (Å²) in [7, 11) is 0. The molecule has 2 fully saturated rings. The lowest BCUT2D eigenvalue weighted by Gasteiger charge is -2.31. The van der Waals surface area contributed by atoms with Crippen molar-refractivity contribution in [2.75, 3.05) is 23.8 Å². The number of aromatic nitrogens is 2. The highest BCUT2D eigenvalue weighted by atomic mass is 16.5. The molecule has 2 aromatic rings. The lowest BCUT2D eigenvalue weighted by Crippen LogP contribution is -2.49. The quantitative estimate of drug-likeness (QED) is 0.615. The molecule has 10 nitrogen and oxygen atoms in total. The summed E-state index contributed by atoms with van der Waals surface area (Å²) >= 11 is 0. The molecule has 4 heterocycles. The van der Waals surface area contributed by atoms with E-state index in [4.69, 9.17) is 9.26 Å². The topological polar surface area (TPSA) is 135 Å². The first-order valence-corrected chi connectivity index (χ1v) is 11.9. The molecule has 1 spiro atoms. The molecule has 0 radical (unpaired) electrons. The molecule has 2 aliphatic heterocycles. The van der Waals surface area contributed by atoms with E-state index in [9.17, 15) is 14.4 Å². The van der Waals surface area contributed by atoms with Gasteiger partial charge in [-0.1, -0.05) is 24.4 Å². The highest BCUT2D eigenvalue weighted by molar-refractivity contribution is 6.07. The fourth-order valence-corrected chi connectivity index (χ4v) is 5.39. The number of pyridine rings is 1. The summed E-state index contributed by atoms with van der Waals surface area (Å²) in [6.45, 7) is 2.74. The van der Waals surface area contributed by atoms with Crippen LogP contribution in [0.4, 0.5) is 11.5 Å². The molecular formula is C24H29N5O5. The van der Waals surface area contributed by atoms with Crippen molar-refractivity contribution in [3.8, 4) is 0 Å². The second kappa shape index (κ2) is 9.17. The first kappa shape index (κ1) is 22.5. The van der Waals surface area contributed by atoms with Gasteiger partial charge < -0.3 is 25.2 Å². The number of hydrogen-bond acceptors (Lipinski definition) is 7. The van der Waals surface area contributed by atoms with Crippen molar-refractivity contribution < 1.29 is 23.6 Å². The minimum Gasteiger partial charge on any atom is -0.381 e. The Balaban J connectivity index is 1.35. The van der Waals surface area contributed by atoms with E-state index in [1.165, 1.54) is 6.26 Å². The van der Waals surface area contributed by atoms with Crippen LogP contribution in [-0.4, -0.2) is 47.1 Å². The minimum atomic E-state index is -0.714. The van der Waals surface area contributed by atoms with Crippen LogP contribution in [0.2, 0.25) is 0 Å². The van der Waals surface area contributed by atoms with E-state index in [1.807, 2.05) is 0 Å². The third-order valence-corrected chi connectivity index (χ3v) is 7.38. The summed E-state index contributed by atoms with van der Waals surface area (Å²) < 4.78 is 10.3. The summed E-state index contributed by atoms with van der Waals surface area (Å²) in [6.07, 6.45) is 9.06. The van der Waals surface area contributed by atoms with Crippen LogP contribution >= 0.6 is 0 Å². The first-order chi connectivity index (χ1) is 16.5. The summed E-state index contributed by atoms with van der Waals surface area (Å²) in [5.41, 5.74) is 1.68. The molecule has 3 aliphatic rings. The SMILES string of the molecule is Cc1nocc1C(=O)N[C@H](C(=O)Nc1cc2c(cn1)C1(CCOCC1)C(=O)N2)C1CCCCC1. The van der Waals surface area contributed by atoms with E-state index in [0.717, 1.165) is 37.7 Å². The number of nitrogens with zero attached hydrogens (tertiary/aromatic N) is 2. The van der Waals surface area contributed by atoms with Gasteiger partial charge in [0, 0.05) is 31.0 Å². The van der Waals surface area contributed by atoms with Crippen molar-refractivity contribution in [2.45, 2.75) is 63.3 Å². The zero-order chi connectivity index (χ0) is 23.7. The number of carbonyl (C=O) groups is 3. The number of amides is 3. The first-order valence-electron chi connectivity index (χ1n) is 11.9. The highest BCUT2D eigenvalue weighted by Crippen LogP contribution is 2.44. The van der Waals surface area contributed by atoms with Crippen molar-refractivity contribution in [2.24, 2.45) is 5.92 Å². The van der Waals surface area contributed by atoms with Gasteiger partial charge in [-0.2, -0.15) is 0 Å². The van der Waals surface area contributed by atoms with Crippen LogP contribution in [0.5, 0.6) is 0 Å². The van der Waals surface area contributed by atoms with Gasteiger partial charge in [-0.25, -0.2) is 4.98 Å². The fourth-order valence-electron chi connectivity index (χ4n) is 5.39. The molecule has 34 heavy (non-hydrogen) atoms. The molecule has 1 aliphatic carbocycles. The number of anilines is 2. The number of fused-ring (bicyclic) bond motifs is 2. The lowest BCUT2D eigenvalue weighted by molar-refractivity contribution is -0.124. The van der Waals surface area contributed by atoms with Crippen LogP contribution in [-0.2, 0) is 19.7 Å². The second-order valence-corrected chi connectivity index (χ2v) is 9.42. The van der Waals surface area contributed by atoms with Crippen LogP contribution in [0.15, 0.2) is 23.0 Å². The maximum atomic E-state index is 13.4. The standard InChI is InChI=1S/C24H29N5O5/c1-14-16(13-34-29-14)21(30)28-20(15-5-3-2-4-6-15)22(31)27-19-11-18-17(12-25-19)24(23(32)26-18)7-9-33-10-8-24/h11-13,15,20H,2-10H2,1H3,(H,26,32)(H,28,30)(H,25,27,31)/t20-/m0/s1. The molecular weight excluding hydrogens is 438 g/mol. The van der Waals surface area contributed by atoms with Gasteiger partial charge in [0.2, 0.25) is 11.8 Å². The second-order valence-electron chi connectivity index (χ2n) is 9.42. The lowest BCUT2D eigenvalue weighted by atomic mass is 9.76. The van der Waals surface area contributed by atoms with Crippen molar-refractivity contribution in [1.29, 1.82) is 0 Å². The molecule has 2 aromatic heterocycles. The van der Waals surface area contributed by atoms with Crippen LogP contribution in [0.3, 0.4) is 0 Å². The van der Waals surface area contributed by atoms with E-state index in [1.54, 1.807) is 19.2 Å². The predicted octanol–water partition coefficient (Wildman–Crippen LogP) is 2.70. The number of hydrogen-bond donors (Lipinski definition) is 3. The third-order valence-electron chi connectivity index (χ3n) is 7.38. The molecule has 180 valence electrons. The summed E-state index contributed by atoms with van der Waals surface area (Å²) in [4.78, 5) is 43.4. The van der Waals surface area contributed by atoms with Gasteiger partial charge in [0.25, 0.3) is 5.91 Å². The van der Waals surface area contributed by atoms with Crippen LogP contribution in [0.25, 0.3) is 0 Å². The van der Waals surface area contributed by atoms with Gasteiger partial charge in [-0.05, 0) is 38.5 Å². The maximum Gasteiger partial charge on any atom is 0.257 e. The van der Waals surface area contributed by atoms with Crippen LogP contribution in [0.1, 0.15) is 66.6 Å². The van der Waals surface area contributed by atoms with Gasteiger partial charge >= 0.3 is 0 Å². The predicted molar refractivity (Wildman–Crippen MR) is 122 cm³/mol. The minimum absolute atomic E-state index is 0.0255. The number of ether oxygens (including phenoxy) is 1. The Bertz CT molecular complexity index is 1100. The van der Waals surface area contributed by atoms with Gasteiger partial charge in [-0.3, -0.25) is 14.4 Å². The van der Waals surface area contributed by atoms with Gasteiger partial charge in [0.1, 0.15) is 23.7 Å². The van der Waals surface area contributed by atoms with Crippen molar-refractivity contribution in [3.05, 3.63) is 35.3 Å². The van der Waals surface area contributed by atoms with Crippen molar-refractivity contribution in [1.82, 2.24) is 15.5 Å². The highest BCUT2D eigenvalue weighted by Gasteiger charge is 2.48. The summed E-state index contributed by atoms with van der Waals surface area (Å²) in [6, 6.07) is 0.979. The average Bonchev–Trinajstić information content (AvgIpc) is 3.39. The maximum absolute atomic E-state index is 13.4. The molecule has 1 saturated carbocycles. The molecule has 1 saturated heterocycles. The van der Waals surface area contributed by atoms with E-state index in [2.05, 4.69) is 26.1 Å². The fraction of sp³-hybridized carbons (Fsp3) is 0.542. The van der Waals surface area contributed by atoms with E-state index in [0.29, 0.717) is 48.8 Å². The van der Waals surface area contributed by atoms with E-state index < -0.39 is 11.5 Å². The Kier molecular flexibility index (Phi) is 6.07. The summed E-state index contributed by atoms with van der Waals surface area (Å²) in [5, 5.41) is 12.5. The number of rotatable bonds is 5. The van der Waals surface area contributed by atoms with Crippen LogP contribution < -0.4 is 16.0 Å². The Morgan fingerprint density at radius 3 is 2.68 bits per heavy atom. The third kappa shape index (κ3) is 4.06. The Morgan fingerprint density at radius 1 is 1.21 bits per heavy atom. The molecule has 10 heteroatoms. The average molecular weight is 468 g/mol. The van der Waals surface area contributed by atoms with E-state index in [-0.39, 0.29) is 23.6 Å². The monoisotopic (exact) mass is 467 g/mol. The van der Waals surface area contributed by atoms with Gasteiger partial charge in [0.15, 0.2) is 0 Å². The molecule has 0 aromatic carbocycles. The molecule has 3 N–H and O–H groups in total.